The van der Waals surface area contributed by atoms with E-state index in [0.29, 0.717) is 16.6 Å². The molecule has 0 saturated carbocycles. The minimum Gasteiger partial charge on any atom is -0.484 e. The second-order valence-electron chi connectivity index (χ2n) is 8.21. The molecule has 0 radical (unpaired) electrons. The summed E-state index contributed by atoms with van der Waals surface area (Å²) >= 11 is 7.95. The molecule has 0 bridgehead atoms. The van der Waals surface area contributed by atoms with E-state index in [4.69, 9.17) is 16.3 Å². The van der Waals surface area contributed by atoms with Crippen molar-refractivity contribution in [3.05, 3.63) is 100 Å². The zero-order valence-corrected chi connectivity index (χ0v) is 21.4. The number of halogens is 1. The normalized spacial score (nSPS) is 11.8. The highest BCUT2D eigenvalue weighted by Crippen LogP contribution is 2.31. The van der Waals surface area contributed by atoms with Gasteiger partial charge in [0.1, 0.15) is 5.75 Å². The zero-order chi connectivity index (χ0) is 24.8. The summed E-state index contributed by atoms with van der Waals surface area (Å²) in [5.74, 6) is 1.77. The van der Waals surface area contributed by atoms with Crippen LogP contribution < -0.4 is 10.1 Å². The summed E-state index contributed by atoms with van der Waals surface area (Å²) in [7, 11) is 0. The van der Waals surface area contributed by atoms with Gasteiger partial charge in [-0.3, -0.25) is 9.36 Å². The molecular weight excluding hydrogens is 480 g/mol. The number of para-hydroxylation sites is 1. The molecule has 0 saturated heterocycles. The quantitative estimate of drug-likeness (QED) is 0.278. The molecule has 1 amide bonds. The molecule has 1 atom stereocenters. The first-order chi connectivity index (χ1) is 16.9. The van der Waals surface area contributed by atoms with Gasteiger partial charge in [-0.05, 0) is 61.7 Å². The number of hydrogen-bond donors (Lipinski definition) is 1. The Hall–Kier alpha value is -3.29. The summed E-state index contributed by atoms with van der Waals surface area (Å²) in [6.07, 6.45) is 0. The molecule has 1 unspecified atom stereocenters. The third-order valence-corrected chi connectivity index (χ3v) is 6.78. The van der Waals surface area contributed by atoms with Crippen LogP contribution in [-0.4, -0.2) is 27.3 Å². The van der Waals surface area contributed by atoms with Gasteiger partial charge in [0.2, 0.25) is 0 Å². The average Bonchev–Trinajstić information content (AvgIpc) is 3.28. The molecule has 35 heavy (non-hydrogen) atoms. The number of aromatic nitrogens is 3. The molecule has 3 aromatic carbocycles. The summed E-state index contributed by atoms with van der Waals surface area (Å²) in [4.78, 5) is 12.6. The van der Waals surface area contributed by atoms with Crippen molar-refractivity contribution in [2.75, 3.05) is 6.61 Å². The van der Waals surface area contributed by atoms with Gasteiger partial charge in [0.15, 0.2) is 17.6 Å². The van der Waals surface area contributed by atoms with Crippen molar-refractivity contribution < 1.29 is 9.53 Å². The summed E-state index contributed by atoms with van der Waals surface area (Å²) in [5, 5.41) is 13.3. The molecule has 4 aromatic rings. The van der Waals surface area contributed by atoms with Crippen LogP contribution in [0.1, 0.15) is 35.5 Å². The number of nitrogens with zero attached hydrogens (tertiary/aromatic N) is 3. The number of hydrogen-bond acceptors (Lipinski definition) is 5. The molecule has 1 heterocycles. The van der Waals surface area contributed by atoms with E-state index < -0.39 is 6.04 Å². The van der Waals surface area contributed by atoms with Crippen LogP contribution in [0.5, 0.6) is 5.75 Å². The Balaban J connectivity index is 1.57. The molecule has 1 aromatic heterocycles. The molecule has 6 nitrogen and oxygen atoms in total. The number of carbonyl (C=O) groups is 1. The number of rotatable bonds is 9. The second kappa shape index (κ2) is 11.4. The van der Waals surface area contributed by atoms with E-state index >= 15 is 0 Å². The number of benzene rings is 3. The monoisotopic (exact) mass is 506 g/mol. The van der Waals surface area contributed by atoms with Gasteiger partial charge < -0.3 is 10.1 Å². The molecule has 0 aliphatic heterocycles. The number of ether oxygens (including phenoxy) is 1. The van der Waals surface area contributed by atoms with Gasteiger partial charge in [-0.1, -0.05) is 71.9 Å². The first kappa shape index (κ1) is 24.8. The lowest BCUT2D eigenvalue weighted by Gasteiger charge is -2.18. The Bertz CT molecular complexity index is 1310. The number of nitrogens with one attached hydrogen (secondary N) is 1. The number of aryl methyl sites for hydroxylation is 2. The summed E-state index contributed by atoms with van der Waals surface area (Å²) in [6.45, 7) is 5.91. The van der Waals surface area contributed by atoms with Crippen LogP contribution in [0, 0.1) is 13.8 Å². The minimum atomic E-state index is -0.402. The van der Waals surface area contributed by atoms with Crippen LogP contribution in [0.3, 0.4) is 0 Å². The Morgan fingerprint density at radius 2 is 1.77 bits per heavy atom. The van der Waals surface area contributed by atoms with Gasteiger partial charge >= 0.3 is 0 Å². The van der Waals surface area contributed by atoms with Crippen LogP contribution in [-0.2, 0) is 10.5 Å². The van der Waals surface area contributed by atoms with E-state index in [0.717, 1.165) is 22.2 Å². The van der Waals surface area contributed by atoms with E-state index in [1.54, 1.807) is 11.8 Å². The molecule has 0 spiro atoms. The van der Waals surface area contributed by atoms with Crippen molar-refractivity contribution in [2.24, 2.45) is 0 Å². The van der Waals surface area contributed by atoms with E-state index in [-0.39, 0.29) is 12.5 Å². The first-order valence-electron chi connectivity index (χ1n) is 11.3. The standard InChI is InChI=1S/C27H27ClN4O2S/c1-18-9-7-8-10-21(18)17-35-27-31-30-26(32(27)24-15-22(28)14-13-19(24)2)20(3)29-25(33)16-34-23-11-5-4-6-12-23/h4-15,20H,16-17H2,1-3H3,(H,29,33). The maximum atomic E-state index is 12.6. The van der Waals surface area contributed by atoms with E-state index in [1.807, 2.05) is 79.1 Å². The maximum Gasteiger partial charge on any atom is 0.258 e. The van der Waals surface area contributed by atoms with Crippen molar-refractivity contribution in [3.8, 4) is 11.4 Å². The average molecular weight is 507 g/mol. The van der Waals surface area contributed by atoms with Gasteiger partial charge in [0.05, 0.1) is 11.7 Å². The predicted octanol–water partition coefficient (Wildman–Crippen LogP) is 6.09. The Labute approximate surface area is 214 Å². The van der Waals surface area contributed by atoms with Crippen molar-refractivity contribution in [3.63, 3.8) is 0 Å². The number of thioether (sulfide) groups is 1. The highest BCUT2D eigenvalue weighted by Gasteiger charge is 2.22. The highest BCUT2D eigenvalue weighted by atomic mass is 35.5. The van der Waals surface area contributed by atoms with Crippen LogP contribution in [0.25, 0.3) is 5.69 Å². The summed E-state index contributed by atoms with van der Waals surface area (Å²) in [6, 6.07) is 22.9. The molecular formula is C27H27ClN4O2S. The first-order valence-corrected chi connectivity index (χ1v) is 12.6. The summed E-state index contributed by atoms with van der Waals surface area (Å²) < 4.78 is 7.56. The van der Waals surface area contributed by atoms with Crippen molar-refractivity contribution in [2.45, 2.75) is 37.7 Å². The molecule has 4 rings (SSSR count). The van der Waals surface area contributed by atoms with E-state index in [1.165, 1.54) is 11.1 Å². The number of carbonyl (C=O) groups excluding carboxylic acids is 1. The fourth-order valence-corrected chi connectivity index (χ4v) is 4.83. The third kappa shape index (κ3) is 6.24. The topological polar surface area (TPSA) is 69.0 Å². The van der Waals surface area contributed by atoms with Gasteiger partial charge in [-0.15, -0.1) is 10.2 Å². The van der Waals surface area contributed by atoms with Crippen molar-refractivity contribution in [1.29, 1.82) is 0 Å². The Kier molecular flexibility index (Phi) is 8.10. The molecule has 180 valence electrons. The predicted molar refractivity (Wildman–Crippen MR) is 140 cm³/mol. The lowest BCUT2D eigenvalue weighted by molar-refractivity contribution is -0.123. The van der Waals surface area contributed by atoms with Gasteiger partial charge in [-0.2, -0.15) is 0 Å². The van der Waals surface area contributed by atoms with Gasteiger partial charge in [-0.25, -0.2) is 0 Å². The zero-order valence-electron chi connectivity index (χ0n) is 19.9. The molecule has 0 aliphatic carbocycles. The maximum absolute atomic E-state index is 12.6. The van der Waals surface area contributed by atoms with E-state index in [9.17, 15) is 4.79 Å². The SMILES string of the molecule is Cc1ccccc1CSc1nnc(C(C)NC(=O)COc2ccccc2)n1-c1cc(Cl)ccc1C. The summed E-state index contributed by atoms with van der Waals surface area (Å²) in [5.41, 5.74) is 4.37. The van der Waals surface area contributed by atoms with Gasteiger partial charge in [0.25, 0.3) is 5.91 Å². The van der Waals surface area contributed by atoms with Crippen LogP contribution in [0.15, 0.2) is 78.0 Å². The van der Waals surface area contributed by atoms with Crippen LogP contribution in [0.2, 0.25) is 5.02 Å². The Morgan fingerprint density at radius 1 is 1.03 bits per heavy atom. The van der Waals surface area contributed by atoms with Gasteiger partial charge in [0, 0.05) is 10.8 Å². The third-order valence-electron chi connectivity index (χ3n) is 5.57. The van der Waals surface area contributed by atoms with Crippen molar-refractivity contribution >= 4 is 29.3 Å². The largest absolute Gasteiger partial charge is 0.484 e. The molecule has 0 fully saturated rings. The molecule has 1 N–H and O–H groups in total. The minimum absolute atomic E-state index is 0.0897. The molecule has 0 aliphatic rings. The fraction of sp³-hybridized carbons (Fsp3) is 0.222. The lowest BCUT2D eigenvalue weighted by atomic mass is 10.1. The Morgan fingerprint density at radius 3 is 2.54 bits per heavy atom. The van der Waals surface area contributed by atoms with E-state index in [2.05, 4.69) is 34.6 Å². The van der Waals surface area contributed by atoms with Crippen LogP contribution >= 0.6 is 23.4 Å². The second-order valence-corrected chi connectivity index (χ2v) is 9.59. The van der Waals surface area contributed by atoms with Crippen LogP contribution in [0.4, 0.5) is 0 Å². The highest BCUT2D eigenvalue weighted by molar-refractivity contribution is 7.98. The molecule has 8 heteroatoms. The van der Waals surface area contributed by atoms with Crippen molar-refractivity contribution in [1.82, 2.24) is 20.1 Å². The number of amides is 1. The lowest BCUT2D eigenvalue weighted by Crippen LogP contribution is -2.32. The smallest absolute Gasteiger partial charge is 0.258 e. The fourth-order valence-electron chi connectivity index (χ4n) is 3.63.